The number of hydrogen-bond donors (Lipinski definition) is 3. The number of ether oxygens (including phenoxy) is 2. The van der Waals surface area contributed by atoms with E-state index in [9.17, 15) is 24.3 Å². The molecule has 23 heavy (non-hydrogen) atoms. The fourth-order valence-electron chi connectivity index (χ4n) is 1.51. The number of esters is 1. The number of rotatable bonds is 7. The van der Waals surface area contributed by atoms with E-state index < -0.39 is 48.2 Å². The van der Waals surface area contributed by atoms with E-state index in [-0.39, 0.29) is 0 Å². The number of aliphatic hydroxyl groups is 1. The Kier molecular flexibility index (Phi) is 8.23. The second kappa shape index (κ2) is 9.09. The van der Waals surface area contributed by atoms with E-state index in [1.54, 1.807) is 20.8 Å². The van der Waals surface area contributed by atoms with Gasteiger partial charge in [0.2, 0.25) is 5.91 Å². The zero-order valence-electron chi connectivity index (χ0n) is 13.9. The van der Waals surface area contributed by atoms with E-state index in [1.807, 2.05) is 0 Å². The zero-order valence-corrected chi connectivity index (χ0v) is 13.9. The highest BCUT2D eigenvalue weighted by Gasteiger charge is 2.31. The maximum Gasteiger partial charge on any atom is 0.408 e. The molecular formula is C14H24N2O7. The van der Waals surface area contributed by atoms with Crippen molar-refractivity contribution in [1.82, 2.24) is 10.6 Å². The van der Waals surface area contributed by atoms with Crippen LogP contribution in [0.5, 0.6) is 0 Å². The van der Waals surface area contributed by atoms with Crippen LogP contribution < -0.4 is 10.6 Å². The first-order valence-electron chi connectivity index (χ1n) is 6.99. The molecule has 2 unspecified atom stereocenters. The first-order valence-corrected chi connectivity index (χ1v) is 6.99. The summed E-state index contributed by atoms with van der Waals surface area (Å²) in [6, 6.07) is -2.56. The lowest BCUT2D eigenvalue weighted by Gasteiger charge is -2.24. The number of alkyl carbamates (subject to hydrolysis) is 1. The SMILES string of the molecule is COC(=O)C(NC(=O)[C@H](CO)NC(=O)OC(C)(C)C)C(C)C=O. The summed E-state index contributed by atoms with van der Waals surface area (Å²) in [6.45, 7) is 5.62. The topological polar surface area (TPSA) is 131 Å². The Morgan fingerprint density at radius 2 is 1.78 bits per heavy atom. The summed E-state index contributed by atoms with van der Waals surface area (Å²) < 4.78 is 9.48. The van der Waals surface area contributed by atoms with E-state index in [0.717, 1.165) is 7.11 Å². The Balaban J connectivity index is 4.90. The molecule has 0 saturated carbocycles. The summed E-state index contributed by atoms with van der Waals surface area (Å²) in [7, 11) is 1.11. The Bertz CT molecular complexity index is 445. The van der Waals surface area contributed by atoms with E-state index >= 15 is 0 Å². The first kappa shape index (κ1) is 20.8. The van der Waals surface area contributed by atoms with Crippen LogP contribution in [0.2, 0.25) is 0 Å². The van der Waals surface area contributed by atoms with Crippen LogP contribution in [0.4, 0.5) is 4.79 Å². The van der Waals surface area contributed by atoms with Crippen molar-refractivity contribution in [3.8, 4) is 0 Å². The zero-order chi connectivity index (χ0) is 18.2. The molecule has 0 aliphatic carbocycles. The van der Waals surface area contributed by atoms with Crippen molar-refractivity contribution in [2.24, 2.45) is 5.92 Å². The monoisotopic (exact) mass is 332 g/mol. The van der Waals surface area contributed by atoms with E-state index in [1.165, 1.54) is 6.92 Å². The Labute approximate surface area is 134 Å². The van der Waals surface area contributed by atoms with E-state index in [4.69, 9.17) is 4.74 Å². The average Bonchev–Trinajstić information content (AvgIpc) is 2.46. The molecule has 0 radical (unpaired) electrons. The van der Waals surface area contributed by atoms with E-state index in [2.05, 4.69) is 15.4 Å². The number of aliphatic hydroxyl groups excluding tert-OH is 1. The number of methoxy groups -OCH3 is 1. The molecule has 132 valence electrons. The quantitative estimate of drug-likeness (QED) is 0.417. The summed E-state index contributed by atoms with van der Waals surface area (Å²) in [5, 5.41) is 13.7. The third-order valence-corrected chi connectivity index (χ3v) is 2.68. The van der Waals surface area contributed by atoms with Crippen molar-refractivity contribution in [2.75, 3.05) is 13.7 Å². The molecular weight excluding hydrogens is 308 g/mol. The maximum atomic E-state index is 12.1. The van der Waals surface area contributed by atoms with E-state index in [0.29, 0.717) is 6.29 Å². The second-order valence-corrected chi connectivity index (χ2v) is 5.89. The highest BCUT2D eigenvalue weighted by atomic mass is 16.6. The fraction of sp³-hybridized carbons (Fsp3) is 0.714. The molecule has 0 aromatic heterocycles. The third kappa shape index (κ3) is 7.59. The van der Waals surface area contributed by atoms with Crippen LogP contribution in [0.15, 0.2) is 0 Å². The number of carbonyl (C=O) groups excluding carboxylic acids is 4. The summed E-state index contributed by atoms with van der Waals surface area (Å²) in [6.07, 6.45) is -0.415. The number of hydrogen-bond acceptors (Lipinski definition) is 7. The van der Waals surface area contributed by atoms with Crippen molar-refractivity contribution in [1.29, 1.82) is 0 Å². The molecule has 9 nitrogen and oxygen atoms in total. The van der Waals surface area contributed by atoms with Gasteiger partial charge in [0.05, 0.1) is 13.7 Å². The second-order valence-electron chi connectivity index (χ2n) is 5.89. The van der Waals surface area contributed by atoms with Gasteiger partial charge in [-0.1, -0.05) is 6.92 Å². The summed E-state index contributed by atoms with van der Waals surface area (Å²) >= 11 is 0. The van der Waals surface area contributed by atoms with Crippen LogP contribution >= 0.6 is 0 Å². The van der Waals surface area contributed by atoms with Gasteiger partial charge in [-0.3, -0.25) is 4.79 Å². The largest absolute Gasteiger partial charge is 0.467 e. The molecule has 0 aliphatic heterocycles. The van der Waals surface area contributed by atoms with Crippen LogP contribution in [-0.2, 0) is 23.9 Å². The van der Waals surface area contributed by atoms with Crippen molar-refractivity contribution < 1.29 is 33.8 Å². The third-order valence-electron chi connectivity index (χ3n) is 2.68. The van der Waals surface area contributed by atoms with Crippen LogP contribution in [0.3, 0.4) is 0 Å². The van der Waals surface area contributed by atoms with Crippen LogP contribution in [0.25, 0.3) is 0 Å². The predicted octanol–water partition coefficient (Wildman–Crippen LogP) is -0.635. The highest BCUT2D eigenvalue weighted by Crippen LogP contribution is 2.07. The predicted molar refractivity (Wildman–Crippen MR) is 79.4 cm³/mol. The molecule has 0 bridgehead atoms. The molecule has 0 spiro atoms. The number of amides is 2. The van der Waals surface area contributed by atoms with Crippen molar-refractivity contribution >= 4 is 24.3 Å². The first-order chi connectivity index (χ1) is 10.6. The van der Waals surface area contributed by atoms with Gasteiger partial charge < -0.3 is 30.0 Å². The fourth-order valence-corrected chi connectivity index (χ4v) is 1.51. The van der Waals surface area contributed by atoms with Crippen LogP contribution in [-0.4, -0.2) is 60.8 Å². The summed E-state index contributed by atoms with van der Waals surface area (Å²) in [5.41, 5.74) is -0.777. The lowest BCUT2D eigenvalue weighted by atomic mass is 10.0. The lowest BCUT2D eigenvalue weighted by Crippen LogP contribution is -2.55. The minimum atomic E-state index is -1.34. The standard InChI is InChI=1S/C14H24N2O7/c1-8(6-17)10(12(20)22-5)16-11(19)9(7-18)15-13(21)23-14(2,3)4/h6,8-10,18H,7H2,1-5H3,(H,15,21)(H,16,19)/t8?,9-,10?/m0/s1. The smallest absolute Gasteiger partial charge is 0.408 e. The molecule has 0 saturated heterocycles. The highest BCUT2D eigenvalue weighted by molar-refractivity contribution is 5.91. The van der Waals surface area contributed by atoms with Gasteiger partial charge in [0, 0.05) is 5.92 Å². The molecule has 9 heteroatoms. The number of nitrogens with one attached hydrogen (secondary N) is 2. The molecule has 0 aliphatic rings. The van der Waals surface area contributed by atoms with Gasteiger partial charge >= 0.3 is 12.1 Å². The molecule has 2 amide bonds. The minimum absolute atomic E-state index is 0.483. The lowest BCUT2D eigenvalue weighted by molar-refractivity contribution is -0.147. The Morgan fingerprint density at radius 3 is 2.17 bits per heavy atom. The molecule has 3 N–H and O–H groups in total. The average molecular weight is 332 g/mol. The summed E-state index contributed by atoms with van der Waals surface area (Å²) in [4.78, 5) is 46.1. The van der Waals surface area contributed by atoms with Crippen molar-refractivity contribution in [2.45, 2.75) is 45.4 Å². The van der Waals surface area contributed by atoms with Gasteiger partial charge in [0.25, 0.3) is 0 Å². The molecule has 0 aromatic rings. The van der Waals surface area contributed by atoms with Crippen LogP contribution in [0.1, 0.15) is 27.7 Å². The Hall–Kier alpha value is -2.16. The van der Waals surface area contributed by atoms with Crippen LogP contribution in [0, 0.1) is 5.92 Å². The number of aldehydes is 1. The maximum absolute atomic E-state index is 12.1. The van der Waals surface area contributed by atoms with Gasteiger partial charge in [-0.05, 0) is 20.8 Å². The number of carbonyl (C=O) groups is 4. The molecule has 3 atom stereocenters. The molecule has 0 fully saturated rings. The molecule has 0 rings (SSSR count). The Morgan fingerprint density at radius 1 is 1.22 bits per heavy atom. The normalized spacial score (nSPS) is 14.9. The van der Waals surface area contributed by atoms with Gasteiger partial charge in [-0.25, -0.2) is 9.59 Å². The van der Waals surface area contributed by atoms with Gasteiger partial charge in [0.15, 0.2) is 0 Å². The summed E-state index contributed by atoms with van der Waals surface area (Å²) in [5.74, 6) is -2.50. The minimum Gasteiger partial charge on any atom is -0.467 e. The van der Waals surface area contributed by atoms with Gasteiger partial charge in [-0.15, -0.1) is 0 Å². The van der Waals surface area contributed by atoms with Gasteiger partial charge in [-0.2, -0.15) is 0 Å². The van der Waals surface area contributed by atoms with Crippen molar-refractivity contribution in [3.63, 3.8) is 0 Å². The van der Waals surface area contributed by atoms with Gasteiger partial charge in [0.1, 0.15) is 24.0 Å². The molecule has 0 heterocycles. The molecule has 0 aromatic carbocycles. The van der Waals surface area contributed by atoms with Crippen molar-refractivity contribution in [3.05, 3.63) is 0 Å².